The number of fused-ring (bicyclic) bond motifs is 1. The Kier molecular flexibility index (Phi) is 3.25. The van der Waals surface area contributed by atoms with Crippen LogP contribution in [0.4, 0.5) is 0 Å². The van der Waals surface area contributed by atoms with Gasteiger partial charge in [-0.05, 0) is 31.2 Å². The average molecular weight is 252 g/mol. The maximum Gasteiger partial charge on any atom is 0.124 e. The Morgan fingerprint density at radius 2 is 2.00 bits per heavy atom. The lowest BCUT2D eigenvalue weighted by molar-refractivity contribution is 0.546. The van der Waals surface area contributed by atoms with E-state index in [0.717, 1.165) is 29.1 Å². The number of rotatable bonds is 4. The normalized spacial score (nSPS) is 12.7. The van der Waals surface area contributed by atoms with Crippen molar-refractivity contribution < 1.29 is 0 Å². The number of nitrogens with zero attached hydrogens (tertiary/aromatic N) is 2. The first-order valence-corrected chi connectivity index (χ1v) is 6.41. The van der Waals surface area contributed by atoms with E-state index in [0.29, 0.717) is 0 Å². The Morgan fingerprint density at radius 3 is 2.79 bits per heavy atom. The number of hydrogen-bond acceptors (Lipinski definition) is 3. The van der Waals surface area contributed by atoms with E-state index in [9.17, 15) is 0 Å². The molecule has 0 saturated carbocycles. The van der Waals surface area contributed by atoms with Crippen LogP contribution in [0, 0.1) is 0 Å². The molecule has 0 amide bonds. The van der Waals surface area contributed by atoms with Crippen molar-refractivity contribution in [1.82, 2.24) is 20.3 Å². The maximum absolute atomic E-state index is 4.59. The van der Waals surface area contributed by atoms with Crippen LogP contribution in [0.5, 0.6) is 0 Å². The molecule has 0 saturated heterocycles. The molecule has 0 bridgehead atoms. The molecule has 4 heteroatoms. The van der Waals surface area contributed by atoms with Gasteiger partial charge in [0.2, 0.25) is 0 Å². The zero-order valence-electron chi connectivity index (χ0n) is 10.8. The summed E-state index contributed by atoms with van der Waals surface area (Å²) in [5.41, 5.74) is 3.11. The van der Waals surface area contributed by atoms with Crippen molar-refractivity contribution in [3.8, 4) is 0 Å². The third-order valence-corrected chi connectivity index (χ3v) is 3.13. The standard InChI is InChI=1S/C15H16N4/c1-11(17-10-12-6-4-5-9-16-12)15-18-13-7-2-3-8-14(13)19-15/h2-9,11,17H,10H2,1H3,(H,18,19). The molecule has 0 spiro atoms. The highest BCUT2D eigenvalue weighted by atomic mass is 15.0. The van der Waals surface area contributed by atoms with Crippen LogP contribution in [-0.2, 0) is 6.54 Å². The van der Waals surface area contributed by atoms with Gasteiger partial charge >= 0.3 is 0 Å². The summed E-state index contributed by atoms with van der Waals surface area (Å²) in [6.45, 7) is 2.83. The van der Waals surface area contributed by atoms with E-state index in [1.807, 2.05) is 48.7 Å². The molecule has 4 nitrogen and oxygen atoms in total. The van der Waals surface area contributed by atoms with Crippen molar-refractivity contribution in [3.63, 3.8) is 0 Å². The second kappa shape index (κ2) is 5.20. The summed E-state index contributed by atoms with van der Waals surface area (Å²) in [6.07, 6.45) is 1.81. The summed E-state index contributed by atoms with van der Waals surface area (Å²) in [6, 6.07) is 14.2. The molecule has 0 aliphatic rings. The maximum atomic E-state index is 4.59. The fourth-order valence-electron chi connectivity index (χ4n) is 2.03. The van der Waals surface area contributed by atoms with Gasteiger partial charge in [-0.1, -0.05) is 18.2 Å². The molecule has 3 aromatic rings. The number of imidazole rings is 1. The van der Waals surface area contributed by atoms with Gasteiger partial charge < -0.3 is 10.3 Å². The van der Waals surface area contributed by atoms with E-state index in [1.54, 1.807) is 0 Å². The smallest absolute Gasteiger partial charge is 0.124 e. The number of aromatic nitrogens is 3. The van der Waals surface area contributed by atoms with Crippen LogP contribution >= 0.6 is 0 Å². The minimum absolute atomic E-state index is 0.161. The Labute approximate surface area is 111 Å². The van der Waals surface area contributed by atoms with Crippen LogP contribution in [0.25, 0.3) is 11.0 Å². The van der Waals surface area contributed by atoms with Gasteiger partial charge in [-0.25, -0.2) is 4.98 Å². The highest BCUT2D eigenvalue weighted by Crippen LogP contribution is 2.15. The molecule has 1 aromatic carbocycles. The molecule has 0 radical (unpaired) electrons. The van der Waals surface area contributed by atoms with Gasteiger partial charge in [0.1, 0.15) is 5.82 Å². The summed E-state index contributed by atoms with van der Waals surface area (Å²) in [5, 5.41) is 3.42. The van der Waals surface area contributed by atoms with E-state index in [4.69, 9.17) is 0 Å². The summed E-state index contributed by atoms with van der Waals surface area (Å²) in [4.78, 5) is 12.2. The second-order valence-corrected chi connectivity index (χ2v) is 4.56. The van der Waals surface area contributed by atoms with Gasteiger partial charge in [0.05, 0.1) is 22.8 Å². The Hall–Kier alpha value is -2.20. The molecule has 2 N–H and O–H groups in total. The van der Waals surface area contributed by atoms with Crippen LogP contribution in [-0.4, -0.2) is 15.0 Å². The second-order valence-electron chi connectivity index (χ2n) is 4.56. The molecule has 0 fully saturated rings. The molecule has 0 aliphatic heterocycles. The minimum Gasteiger partial charge on any atom is -0.341 e. The largest absolute Gasteiger partial charge is 0.341 e. The van der Waals surface area contributed by atoms with E-state index < -0.39 is 0 Å². The summed E-state index contributed by atoms with van der Waals surface area (Å²) >= 11 is 0. The van der Waals surface area contributed by atoms with Crippen molar-refractivity contribution in [2.24, 2.45) is 0 Å². The zero-order valence-corrected chi connectivity index (χ0v) is 10.8. The quantitative estimate of drug-likeness (QED) is 0.750. The van der Waals surface area contributed by atoms with Gasteiger partial charge in [0.25, 0.3) is 0 Å². The summed E-state index contributed by atoms with van der Waals surface area (Å²) < 4.78 is 0. The van der Waals surface area contributed by atoms with E-state index >= 15 is 0 Å². The van der Waals surface area contributed by atoms with Gasteiger partial charge in [0, 0.05) is 12.7 Å². The molecule has 19 heavy (non-hydrogen) atoms. The van der Waals surface area contributed by atoms with Crippen LogP contribution in [0.1, 0.15) is 24.5 Å². The van der Waals surface area contributed by atoms with Crippen molar-refractivity contribution in [2.45, 2.75) is 19.5 Å². The lowest BCUT2D eigenvalue weighted by atomic mass is 10.3. The number of pyridine rings is 1. The molecule has 2 aromatic heterocycles. The minimum atomic E-state index is 0.161. The molecular formula is C15H16N4. The lowest BCUT2D eigenvalue weighted by Gasteiger charge is -2.10. The van der Waals surface area contributed by atoms with Crippen LogP contribution in [0.2, 0.25) is 0 Å². The molecular weight excluding hydrogens is 236 g/mol. The number of para-hydroxylation sites is 2. The number of H-pyrrole nitrogens is 1. The van der Waals surface area contributed by atoms with Crippen molar-refractivity contribution in [3.05, 3.63) is 60.2 Å². The van der Waals surface area contributed by atoms with E-state index in [-0.39, 0.29) is 6.04 Å². The highest BCUT2D eigenvalue weighted by Gasteiger charge is 2.09. The van der Waals surface area contributed by atoms with Crippen molar-refractivity contribution in [1.29, 1.82) is 0 Å². The summed E-state index contributed by atoms with van der Waals surface area (Å²) in [5.74, 6) is 0.956. The van der Waals surface area contributed by atoms with E-state index in [2.05, 4.69) is 27.2 Å². The fourth-order valence-corrected chi connectivity index (χ4v) is 2.03. The topological polar surface area (TPSA) is 53.6 Å². The summed E-state index contributed by atoms with van der Waals surface area (Å²) in [7, 11) is 0. The first kappa shape index (κ1) is 11.9. The molecule has 1 atom stereocenters. The molecule has 2 heterocycles. The zero-order chi connectivity index (χ0) is 13.1. The van der Waals surface area contributed by atoms with Crippen LogP contribution < -0.4 is 5.32 Å². The third kappa shape index (κ3) is 2.63. The molecule has 0 aliphatic carbocycles. The van der Waals surface area contributed by atoms with Crippen LogP contribution in [0.3, 0.4) is 0 Å². The SMILES string of the molecule is CC(NCc1ccccn1)c1nc2ccccc2[nH]1. The van der Waals surface area contributed by atoms with Crippen molar-refractivity contribution >= 4 is 11.0 Å². The van der Waals surface area contributed by atoms with Crippen molar-refractivity contribution in [2.75, 3.05) is 0 Å². The fraction of sp³-hybridized carbons (Fsp3) is 0.200. The van der Waals surface area contributed by atoms with Gasteiger partial charge in [0.15, 0.2) is 0 Å². The van der Waals surface area contributed by atoms with Crippen LogP contribution in [0.15, 0.2) is 48.7 Å². The molecule has 3 rings (SSSR count). The third-order valence-electron chi connectivity index (χ3n) is 3.13. The van der Waals surface area contributed by atoms with Gasteiger partial charge in [-0.3, -0.25) is 4.98 Å². The van der Waals surface area contributed by atoms with Gasteiger partial charge in [-0.2, -0.15) is 0 Å². The lowest BCUT2D eigenvalue weighted by Crippen LogP contribution is -2.19. The number of hydrogen-bond donors (Lipinski definition) is 2. The Morgan fingerprint density at radius 1 is 1.16 bits per heavy atom. The Bertz CT molecular complexity index is 627. The number of benzene rings is 1. The predicted molar refractivity (Wildman–Crippen MR) is 75.6 cm³/mol. The van der Waals surface area contributed by atoms with Gasteiger partial charge in [-0.15, -0.1) is 0 Å². The van der Waals surface area contributed by atoms with E-state index in [1.165, 1.54) is 0 Å². The Balaban J connectivity index is 1.71. The molecule has 96 valence electrons. The molecule has 1 unspecified atom stereocenters. The monoisotopic (exact) mass is 252 g/mol. The average Bonchev–Trinajstić information content (AvgIpc) is 2.90. The first-order valence-electron chi connectivity index (χ1n) is 6.41. The highest BCUT2D eigenvalue weighted by molar-refractivity contribution is 5.74. The number of aromatic amines is 1. The number of nitrogens with one attached hydrogen (secondary N) is 2. The first-order chi connectivity index (χ1) is 9.33. The predicted octanol–water partition coefficient (Wildman–Crippen LogP) is 2.81.